The van der Waals surface area contributed by atoms with E-state index in [1.807, 2.05) is 30.5 Å². The van der Waals surface area contributed by atoms with Crippen molar-refractivity contribution in [2.45, 2.75) is 62.6 Å². The first-order valence-corrected chi connectivity index (χ1v) is 13.6. The first-order valence-electron chi connectivity index (χ1n) is 13.6. The number of aliphatic hydroxyl groups excluding tert-OH is 1. The third-order valence-corrected chi connectivity index (χ3v) is 8.24. The summed E-state index contributed by atoms with van der Waals surface area (Å²) >= 11 is 0. The van der Waals surface area contributed by atoms with Crippen LogP contribution in [0.5, 0.6) is 0 Å². The highest BCUT2D eigenvalue weighted by atomic mass is 16.7. The molecule has 7 rings (SSSR count). The molecule has 2 atom stereocenters. The van der Waals surface area contributed by atoms with Crippen molar-refractivity contribution in [1.29, 1.82) is 0 Å². The van der Waals surface area contributed by atoms with Crippen LogP contribution in [0, 0.1) is 0 Å². The number of anilines is 2. The average molecular weight is 507 g/mol. The van der Waals surface area contributed by atoms with Crippen molar-refractivity contribution in [2.75, 3.05) is 49.7 Å². The maximum Gasteiger partial charge on any atom is 0.168 e. The third-order valence-electron chi connectivity index (χ3n) is 8.24. The van der Waals surface area contributed by atoms with Crippen LogP contribution in [0.15, 0.2) is 30.5 Å². The lowest BCUT2D eigenvalue weighted by molar-refractivity contribution is -0.181. The summed E-state index contributed by atoms with van der Waals surface area (Å²) in [6.07, 6.45) is 8.32. The van der Waals surface area contributed by atoms with Crippen molar-refractivity contribution >= 4 is 22.5 Å². The Bertz CT molecular complexity index is 1240. The van der Waals surface area contributed by atoms with Crippen LogP contribution in [0.3, 0.4) is 0 Å². The Hall–Kier alpha value is -2.79. The van der Waals surface area contributed by atoms with E-state index in [1.165, 1.54) is 0 Å². The van der Waals surface area contributed by atoms with Gasteiger partial charge in [-0.3, -0.25) is 0 Å². The number of ether oxygens (including phenoxy) is 3. The van der Waals surface area contributed by atoms with Crippen LogP contribution < -0.4 is 10.2 Å². The molecule has 5 heterocycles. The van der Waals surface area contributed by atoms with Gasteiger partial charge in [-0.2, -0.15) is 5.10 Å². The molecule has 3 aliphatic heterocycles. The normalized spacial score (nSPS) is 25.4. The van der Waals surface area contributed by atoms with Crippen LogP contribution in [-0.2, 0) is 14.2 Å². The van der Waals surface area contributed by atoms with Crippen LogP contribution in [0.4, 0.5) is 11.5 Å². The SMILES string of the molecule is OCCNc1ccc(-c2nc(N3CC4CCC(C3)O4)c3cnn(C4CCC5(CC4)OCCO5)c3n2)cc1. The molecule has 1 aromatic carbocycles. The van der Waals surface area contributed by atoms with Gasteiger partial charge in [-0.1, -0.05) is 0 Å². The molecule has 4 fully saturated rings. The smallest absolute Gasteiger partial charge is 0.168 e. The molecular formula is C27H34N6O4. The molecule has 2 aromatic heterocycles. The minimum atomic E-state index is -0.399. The van der Waals surface area contributed by atoms with E-state index >= 15 is 0 Å². The molecule has 1 aliphatic carbocycles. The molecule has 2 N–H and O–H groups in total. The van der Waals surface area contributed by atoms with Crippen molar-refractivity contribution in [3.63, 3.8) is 0 Å². The molecule has 37 heavy (non-hydrogen) atoms. The van der Waals surface area contributed by atoms with Crippen LogP contribution in [0.25, 0.3) is 22.4 Å². The number of aromatic nitrogens is 4. The number of morpholine rings is 1. The zero-order valence-corrected chi connectivity index (χ0v) is 21.0. The van der Waals surface area contributed by atoms with Gasteiger partial charge in [0.25, 0.3) is 0 Å². The molecule has 2 unspecified atom stereocenters. The molecule has 10 heteroatoms. The minimum Gasteiger partial charge on any atom is -0.395 e. The highest BCUT2D eigenvalue weighted by Gasteiger charge is 2.41. The standard InChI is InChI=1S/C27H34N6O4/c34-12-11-28-19-3-1-18(2-4-19)24-30-25(32-16-21-5-6-22(17-32)37-21)23-15-29-33(26(23)31-24)20-7-9-27(10-8-20)35-13-14-36-27/h1-4,15,20-22,28,34H,5-14,16-17H2. The largest absolute Gasteiger partial charge is 0.395 e. The highest BCUT2D eigenvalue weighted by Crippen LogP contribution is 2.42. The number of hydrogen-bond donors (Lipinski definition) is 2. The Kier molecular flexibility index (Phi) is 5.99. The summed E-state index contributed by atoms with van der Waals surface area (Å²) in [5.74, 6) is 1.25. The van der Waals surface area contributed by atoms with Crippen LogP contribution in [0.1, 0.15) is 44.6 Å². The van der Waals surface area contributed by atoms with Crippen LogP contribution in [-0.4, -0.2) is 82.3 Å². The fourth-order valence-corrected chi connectivity index (χ4v) is 6.35. The molecule has 0 amide bonds. The van der Waals surface area contributed by atoms with Gasteiger partial charge in [0.05, 0.1) is 49.7 Å². The molecule has 1 saturated carbocycles. The molecule has 3 aromatic rings. The first kappa shape index (κ1) is 23.3. The maximum atomic E-state index is 9.11. The number of fused-ring (bicyclic) bond motifs is 3. The number of hydrogen-bond acceptors (Lipinski definition) is 9. The molecule has 10 nitrogen and oxygen atoms in total. The van der Waals surface area contributed by atoms with E-state index < -0.39 is 5.79 Å². The molecule has 0 radical (unpaired) electrons. The number of rotatable bonds is 6. The van der Waals surface area contributed by atoms with Gasteiger partial charge in [0, 0.05) is 43.7 Å². The maximum absolute atomic E-state index is 9.11. The van der Waals surface area contributed by atoms with Gasteiger partial charge >= 0.3 is 0 Å². The summed E-state index contributed by atoms with van der Waals surface area (Å²) in [7, 11) is 0. The van der Waals surface area contributed by atoms with Crippen molar-refractivity contribution in [2.24, 2.45) is 0 Å². The number of nitrogens with one attached hydrogen (secondary N) is 1. The highest BCUT2D eigenvalue weighted by molar-refractivity contribution is 5.89. The minimum absolute atomic E-state index is 0.0942. The summed E-state index contributed by atoms with van der Waals surface area (Å²) in [5.41, 5.74) is 2.80. The molecule has 1 spiro atoms. The molecule has 196 valence electrons. The topological polar surface area (TPSA) is 107 Å². The first-order chi connectivity index (χ1) is 18.2. The second kappa shape index (κ2) is 9.50. The van der Waals surface area contributed by atoms with Gasteiger partial charge in [0.2, 0.25) is 0 Å². The number of benzene rings is 1. The molecule has 4 aliphatic rings. The van der Waals surface area contributed by atoms with Crippen LogP contribution >= 0.6 is 0 Å². The van der Waals surface area contributed by atoms with Crippen molar-refractivity contribution in [1.82, 2.24) is 19.7 Å². The monoisotopic (exact) mass is 506 g/mol. The average Bonchev–Trinajstić information content (AvgIpc) is 3.66. The Labute approximate surface area is 215 Å². The van der Waals surface area contributed by atoms with Gasteiger partial charge in [0.15, 0.2) is 17.3 Å². The fourth-order valence-electron chi connectivity index (χ4n) is 6.35. The molecular weight excluding hydrogens is 472 g/mol. The fraction of sp³-hybridized carbons (Fsp3) is 0.593. The van der Waals surface area contributed by atoms with E-state index in [2.05, 4.69) is 14.9 Å². The predicted octanol–water partition coefficient (Wildman–Crippen LogP) is 3.12. The van der Waals surface area contributed by atoms with Gasteiger partial charge in [-0.05, 0) is 49.9 Å². The van der Waals surface area contributed by atoms with E-state index in [-0.39, 0.29) is 24.9 Å². The Morgan fingerprint density at radius 3 is 2.41 bits per heavy atom. The van der Waals surface area contributed by atoms with E-state index in [0.717, 1.165) is 79.7 Å². The lowest BCUT2D eigenvalue weighted by atomic mass is 9.90. The molecule has 2 bridgehead atoms. The summed E-state index contributed by atoms with van der Waals surface area (Å²) in [6.45, 7) is 3.67. The van der Waals surface area contributed by atoms with Gasteiger partial charge in [-0.25, -0.2) is 14.6 Å². The lowest BCUT2D eigenvalue weighted by Gasteiger charge is -2.35. The predicted molar refractivity (Wildman–Crippen MR) is 139 cm³/mol. The van der Waals surface area contributed by atoms with Gasteiger partial charge < -0.3 is 29.5 Å². The summed E-state index contributed by atoms with van der Waals surface area (Å²) in [4.78, 5) is 12.6. The van der Waals surface area contributed by atoms with Crippen molar-refractivity contribution in [3.8, 4) is 11.4 Å². The van der Waals surface area contributed by atoms with E-state index in [1.54, 1.807) is 0 Å². The second-order valence-corrected chi connectivity index (χ2v) is 10.6. The Morgan fingerprint density at radius 1 is 0.973 bits per heavy atom. The van der Waals surface area contributed by atoms with Crippen molar-refractivity contribution in [3.05, 3.63) is 30.5 Å². The molecule has 3 saturated heterocycles. The van der Waals surface area contributed by atoms with E-state index in [4.69, 9.17) is 34.4 Å². The van der Waals surface area contributed by atoms with Crippen molar-refractivity contribution < 1.29 is 19.3 Å². The van der Waals surface area contributed by atoms with E-state index in [9.17, 15) is 0 Å². The zero-order chi connectivity index (χ0) is 24.8. The van der Waals surface area contributed by atoms with E-state index in [0.29, 0.717) is 25.6 Å². The summed E-state index contributed by atoms with van der Waals surface area (Å²) < 4.78 is 20.1. The Morgan fingerprint density at radius 2 is 1.70 bits per heavy atom. The van der Waals surface area contributed by atoms with Gasteiger partial charge in [0.1, 0.15) is 5.82 Å². The number of aliphatic hydroxyl groups is 1. The Balaban J connectivity index is 1.25. The lowest BCUT2D eigenvalue weighted by Crippen LogP contribution is -2.43. The number of nitrogens with zero attached hydrogens (tertiary/aromatic N) is 5. The quantitative estimate of drug-likeness (QED) is 0.521. The van der Waals surface area contributed by atoms with Gasteiger partial charge in [-0.15, -0.1) is 0 Å². The summed E-state index contributed by atoms with van der Waals surface area (Å²) in [6, 6.07) is 8.33. The third kappa shape index (κ3) is 4.35. The zero-order valence-electron chi connectivity index (χ0n) is 21.0. The summed E-state index contributed by atoms with van der Waals surface area (Å²) in [5, 5.41) is 18.2. The van der Waals surface area contributed by atoms with Crippen LogP contribution in [0.2, 0.25) is 0 Å². The second-order valence-electron chi connectivity index (χ2n) is 10.6.